The van der Waals surface area contributed by atoms with Crippen LogP contribution in [0.3, 0.4) is 0 Å². The van der Waals surface area contributed by atoms with Crippen molar-refractivity contribution in [3.8, 4) is 0 Å². The van der Waals surface area contributed by atoms with Crippen molar-refractivity contribution in [3.05, 3.63) is 23.8 Å². The van der Waals surface area contributed by atoms with Crippen molar-refractivity contribution in [2.75, 3.05) is 33.9 Å². The fraction of sp³-hybridized carbons (Fsp3) is 0.818. The van der Waals surface area contributed by atoms with E-state index in [1.165, 1.54) is 18.4 Å². The topological polar surface area (TPSA) is 52.9 Å². The van der Waals surface area contributed by atoms with Crippen molar-refractivity contribution >= 4 is 0 Å². The summed E-state index contributed by atoms with van der Waals surface area (Å²) in [5, 5.41) is 20.5. The number of aliphatic hydroxyl groups is 2. The van der Waals surface area contributed by atoms with Crippen LogP contribution in [0.4, 0.5) is 0 Å². The molecular formula is C22H39NO3. The van der Waals surface area contributed by atoms with Gasteiger partial charge < -0.3 is 19.8 Å². The summed E-state index contributed by atoms with van der Waals surface area (Å²) in [5.74, 6) is 1.12. The van der Waals surface area contributed by atoms with Crippen LogP contribution in [0.25, 0.3) is 0 Å². The van der Waals surface area contributed by atoms with E-state index in [1.807, 2.05) is 6.08 Å². The Balaban J connectivity index is 1.74. The van der Waals surface area contributed by atoms with E-state index in [2.05, 4.69) is 38.1 Å². The second-order valence-electron chi connectivity index (χ2n) is 8.39. The highest BCUT2D eigenvalue weighted by Gasteiger charge is 2.43. The van der Waals surface area contributed by atoms with E-state index in [9.17, 15) is 10.2 Å². The predicted octanol–water partition coefficient (Wildman–Crippen LogP) is 3.40. The van der Waals surface area contributed by atoms with Crippen molar-refractivity contribution in [3.63, 3.8) is 0 Å². The first-order chi connectivity index (χ1) is 12.5. The van der Waals surface area contributed by atoms with Crippen LogP contribution in [-0.4, -0.2) is 61.2 Å². The summed E-state index contributed by atoms with van der Waals surface area (Å²) in [7, 11) is 4.17. The van der Waals surface area contributed by atoms with Crippen LogP contribution >= 0.6 is 0 Å². The molecule has 4 heteroatoms. The largest absolute Gasteiger partial charge is 0.392 e. The smallest absolute Gasteiger partial charge is 0.0721 e. The number of allylic oxidation sites excluding steroid dienone is 1. The zero-order chi connectivity index (χ0) is 18.9. The normalized spacial score (nSPS) is 29.5. The molecule has 0 saturated heterocycles. The van der Waals surface area contributed by atoms with Crippen molar-refractivity contribution < 1.29 is 14.9 Å². The van der Waals surface area contributed by atoms with Crippen LogP contribution in [0.5, 0.6) is 0 Å². The highest BCUT2D eigenvalue weighted by atomic mass is 16.5. The van der Waals surface area contributed by atoms with Crippen molar-refractivity contribution in [1.82, 2.24) is 4.90 Å². The minimum absolute atomic E-state index is 0.170. The fourth-order valence-corrected chi connectivity index (χ4v) is 4.35. The molecule has 2 aliphatic rings. The number of nitrogens with zero attached hydrogens (tertiary/aromatic N) is 1. The minimum atomic E-state index is -0.373. The molecule has 0 aromatic heterocycles. The van der Waals surface area contributed by atoms with Gasteiger partial charge in [0.1, 0.15) is 0 Å². The molecule has 0 spiro atoms. The molecule has 0 bridgehead atoms. The summed E-state index contributed by atoms with van der Waals surface area (Å²) in [6.45, 7) is 4.77. The minimum Gasteiger partial charge on any atom is -0.392 e. The fourth-order valence-electron chi connectivity index (χ4n) is 4.35. The van der Waals surface area contributed by atoms with Crippen molar-refractivity contribution in [1.29, 1.82) is 0 Å². The molecule has 0 aromatic carbocycles. The van der Waals surface area contributed by atoms with E-state index >= 15 is 0 Å². The maximum absolute atomic E-state index is 10.4. The first-order valence-corrected chi connectivity index (χ1v) is 10.5. The summed E-state index contributed by atoms with van der Waals surface area (Å²) < 4.78 is 5.83. The average molecular weight is 366 g/mol. The molecule has 0 amide bonds. The highest BCUT2D eigenvalue weighted by molar-refractivity contribution is 5.21. The lowest BCUT2D eigenvalue weighted by Crippen LogP contribution is -2.18. The number of rotatable bonds is 12. The van der Waals surface area contributed by atoms with Gasteiger partial charge in [0.05, 0.1) is 18.8 Å². The molecule has 5 atom stereocenters. The molecule has 150 valence electrons. The quantitative estimate of drug-likeness (QED) is 0.411. The van der Waals surface area contributed by atoms with Gasteiger partial charge in [-0.3, -0.25) is 0 Å². The number of aliphatic hydroxyl groups excluding tert-OH is 2. The molecule has 0 unspecified atom stereocenters. The zero-order valence-electron chi connectivity index (χ0n) is 16.9. The Kier molecular flexibility index (Phi) is 9.34. The van der Waals surface area contributed by atoms with Gasteiger partial charge >= 0.3 is 0 Å². The average Bonchev–Trinajstić information content (AvgIpc) is 3.09. The van der Waals surface area contributed by atoms with Crippen LogP contribution in [-0.2, 0) is 4.74 Å². The van der Waals surface area contributed by atoms with Crippen molar-refractivity contribution in [2.45, 2.75) is 64.1 Å². The molecule has 2 rings (SSSR count). The van der Waals surface area contributed by atoms with E-state index in [4.69, 9.17) is 4.74 Å². The third-order valence-corrected chi connectivity index (χ3v) is 5.79. The van der Waals surface area contributed by atoms with E-state index in [0.717, 1.165) is 51.9 Å². The Hall–Kier alpha value is -0.680. The van der Waals surface area contributed by atoms with Crippen LogP contribution in [0.15, 0.2) is 23.8 Å². The molecule has 1 saturated carbocycles. The molecule has 4 nitrogen and oxygen atoms in total. The lowest BCUT2D eigenvalue weighted by Gasteiger charge is -2.19. The van der Waals surface area contributed by atoms with Gasteiger partial charge in [0.15, 0.2) is 0 Å². The van der Waals surface area contributed by atoms with E-state index in [0.29, 0.717) is 11.8 Å². The molecule has 0 aromatic rings. The predicted molar refractivity (Wildman–Crippen MR) is 107 cm³/mol. The van der Waals surface area contributed by atoms with Gasteiger partial charge in [0.25, 0.3) is 0 Å². The third-order valence-electron chi connectivity index (χ3n) is 5.79. The SMILES string of the molecule is CCCCC[C@H](O)/C=C/[C@@H]1[C@H]2CC(COCCCN(C)C)=C[C@H]2C[C@H]1O. The summed E-state index contributed by atoms with van der Waals surface area (Å²) in [5.41, 5.74) is 1.39. The maximum Gasteiger partial charge on any atom is 0.0721 e. The van der Waals surface area contributed by atoms with Gasteiger partial charge in [0, 0.05) is 12.5 Å². The second kappa shape index (κ2) is 11.2. The lowest BCUT2D eigenvalue weighted by atomic mass is 9.89. The summed E-state index contributed by atoms with van der Waals surface area (Å²) in [6, 6.07) is 0. The molecule has 0 aliphatic heterocycles. The van der Waals surface area contributed by atoms with Crippen molar-refractivity contribution in [2.24, 2.45) is 17.8 Å². The van der Waals surface area contributed by atoms with E-state index in [1.54, 1.807) is 0 Å². The zero-order valence-corrected chi connectivity index (χ0v) is 16.9. The van der Waals surface area contributed by atoms with Gasteiger partial charge in [-0.25, -0.2) is 0 Å². The Morgan fingerprint density at radius 2 is 2.12 bits per heavy atom. The molecule has 0 radical (unpaired) electrons. The molecule has 0 heterocycles. The molecule has 2 N–H and O–H groups in total. The molecule has 2 aliphatic carbocycles. The van der Waals surface area contributed by atoms with Gasteiger partial charge in [-0.05, 0) is 63.7 Å². The number of ether oxygens (including phenoxy) is 1. The van der Waals surface area contributed by atoms with Gasteiger partial charge in [-0.2, -0.15) is 0 Å². The first-order valence-electron chi connectivity index (χ1n) is 10.5. The number of hydrogen-bond acceptors (Lipinski definition) is 4. The van der Waals surface area contributed by atoms with Gasteiger partial charge in [0.2, 0.25) is 0 Å². The molecule has 26 heavy (non-hydrogen) atoms. The van der Waals surface area contributed by atoms with Crippen LogP contribution in [0.2, 0.25) is 0 Å². The Morgan fingerprint density at radius 3 is 2.85 bits per heavy atom. The molecule has 1 fully saturated rings. The number of fused-ring (bicyclic) bond motifs is 1. The summed E-state index contributed by atoms with van der Waals surface area (Å²) in [4.78, 5) is 2.18. The van der Waals surface area contributed by atoms with Crippen LogP contribution in [0.1, 0.15) is 51.9 Å². The van der Waals surface area contributed by atoms with E-state index < -0.39 is 0 Å². The first kappa shape index (κ1) is 21.6. The third kappa shape index (κ3) is 6.80. The Morgan fingerprint density at radius 1 is 1.31 bits per heavy atom. The highest BCUT2D eigenvalue weighted by Crippen LogP contribution is 2.47. The Bertz CT molecular complexity index is 460. The summed E-state index contributed by atoms with van der Waals surface area (Å²) >= 11 is 0. The standard InChI is InChI=1S/C22H39NO3/c1-4-5-6-8-19(24)9-10-20-21-14-17(13-18(21)15-22(20)25)16-26-12-7-11-23(2)3/h9-10,13,18-22,24-25H,4-8,11-12,14-16H2,1-3H3/b10-9+/t18-,19-,20+,21-,22+/m0/s1. The molecular weight excluding hydrogens is 326 g/mol. The van der Waals surface area contributed by atoms with Gasteiger partial charge in [-0.15, -0.1) is 0 Å². The number of unbranched alkanes of at least 4 members (excludes halogenated alkanes) is 2. The lowest BCUT2D eigenvalue weighted by molar-refractivity contribution is 0.132. The van der Waals surface area contributed by atoms with E-state index in [-0.39, 0.29) is 18.1 Å². The second-order valence-corrected chi connectivity index (χ2v) is 8.39. The monoisotopic (exact) mass is 365 g/mol. The summed E-state index contributed by atoms with van der Waals surface area (Å²) in [6.07, 6.45) is 12.9. The number of hydrogen-bond donors (Lipinski definition) is 2. The Labute approximate surface area is 159 Å². The van der Waals surface area contributed by atoms with Crippen LogP contribution < -0.4 is 0 Å². The van der Waals surface area contributed by atoms with Crippen LogP contribution in [0, 0.1) is 17.8 Å². The van der Waals surface area contributed by atoms with Gasteiger partial charge in [-0.1, -0.05) is 44.4 Å². The maximum atomic E-state index is 10.4.